The summed E-state index contributed by atoms with van der Waals surface area (Å²) in [6, 6.07) is 4.60. The molecule has 5 heteroatoms. The van der Waals surface area contributed by atoms with Crippen LogP contribution in [0.3, 0.4) is 0 Å². The van der Waals surface area contributed by atoms with E-state index in [4.69, 9.17) is 0 Å². The lowest BCUT2D eigenvalue weighted by molar-refractivity contribution is 0.112. The van der Waals surface area contributed by atoms with Gasteiger partial charge in [-0.1, -0.05) is 12.1 Å². The Labute approximate surface area is 104 Å². The average Bonchev–Trinajstić information content (AvgIpc) is 2.88. The van der Waals surface area contributed by atoms with Crippen molar-refractivity contribution < 1.29 is 9.18 Å². The summed E-state index contributed by atoms with van der Waals surface area (Å²) in [7, 11) is 0. The minimum atomic E-state index is -0.525. The van der Waals surface area contributed by atoms with Gasteiger partial charge in [0.25, 0.3) is 0 Å². The lowest BCUT2D eigenvalue weighted by atomic mass is 10.1. The Kier molecular flexibility index (Phi) is 3.50. The van der Waals surface area contributed by atoms with Crippen LogP contribution in [0.4, 0.5) is 4.39 Å². The van der Waals surface area contributed by atoms with Crippen molar-refractivity contribution in [3.63, 3.8) is 0 Å². The van der Waals surface area contributed by atoms with Crippen LogP contribution in [-0.2, 0) is 0 Å². The van der Waals surface area contributed by atoms with E-state index < -0.39 is 5.82 Å². The fourth-order valence-corrected chi connectivity index (χ4v) is 1.60. The molecule has 1 heterocycles. The van der Waals surface area contributed by atoms with Gasteiger partial charge in [-0.3, -0.25) is 4.79 Å². The molecule has 0 N–H and O–H groups in total. The standard InChI is InChI=1S/C13H14FN3O/c1-3-9(2)17-7-13(15-16-17)10-4-5-12(14)11(6-10)8-18/h4-9H,3H2,1-2H3. The molecule has 0 spiro atoms. The maximum Gasteiger partial charge on any atom is 0.153 e. The van der Waals surface area contributed by atoms with Crippen molar-refractivity contribution in [2.75, 3.05) is 0 Å². The Balaban J connectivity index is 2.37. The number of carbonyl (C=O) groups excluding carboxylic acids is 1. The molecule has 1 unspecified atom stereocenters. The van der Waals surface area contributed by atoms with Gasteiger partial charge in [-0.2, -0.15) is 0 Å². The van der Waals surface area contributed by atoms with Gasteiger partial charge in [0.2, 0.25) is 0 Å². The first-order valence-corrected chi connectivity index (χ1v) is 5.82. The van der Waals surface area contributed by atoms with Gasteiger partial charge in [0, 0.05) is 5.56 Å². The Hall–Kier alpha value is -2.04. The summed E-state index contributed by atoms with van der Waals surface area (Å²) in [5.74, 6) is -0.525. The van der Waals surface area contributed by atoms with Crippen LogP contribution < -0.4 is 0 Å². The fraction of sp³-hybridized carbons (Fsp3) is 0.308. The first-order valence-electron chi connectivity index (χ1n) is 5.82. The van der Waals surface area contributed by atoms with Gasteiger partial charge >= 0.3 is 0 Å². The predicted molar refractivity (Wildman–Crippen MR) is 65.8 cm³/mol. The van der Waals surface area contributed by atoms with E-state index in [1.54, 1.807) is 16.9 Å². The summed E-state index contributed by atoms with van der Waals surface area (Å²) in [5, 5.41) is 8.06. The molecule has 18 heavy (non-hydrogen) atoms. The van der Waals surface area contributed by atoms with Crippen LogP contribution in [0.2, 0.25) is 0 Å². The van der Waals surface area contributed by atoms with Gasteiger partial charge < -0.3 is 0 Å². The lowest BCUT2D eigenvalue weighted by Gasteiger charge is -2.06. The summed E-state index contributed by atoms with van der Waals surface area (Å²) in [6.45, 7) is 4.11. The second-order valence-electron chi connectivity index (χ2n) is 4.20. The number of nitrogens with zero attached hydrogens (tertiary/aromatic N) is 3. The zero-order valence-corrected chi connectivity index (χ0v) is 10.3. The molecule has 0 aliphatic heterocycles. The molecule has 0 aliphatic rings. The highest BCUT2D eigenvalue weighted by Gasteiger charge is 2.10. The summed E-state index contributed by atoms with van der Waals surface area (Å²) >= 11 is 0. The summed E-state index contributed by atoms with van der Waals surface area (Å²) < 4.78 is 15.0. The Bertz CT molecular complexity index is 565. The van der Waals surface area contributed by atoms with Crippen molar-refractivity contribution in [2.45, 2.75) is 26.3 Å². The minimum Gasteiger partial charge on any atom is -0.298 e. The SMILES string of the molecule is CCC(C)n1cc(-c2ccc(F)c(C=O)c2)nn1. The third-order valence-corrected chi connectivity index (χ3v) is 2.97. The maximum absolute atomic E-state index is 13.2. The molecular weight excluding hydrogens is 233 g/mol. The zero-order valence-electron chi connectivity index (χ0n) is 10.3. The van der Waals surface area contributed by atoms with Crippen molar-refractivity contribution >= 4 is 6.29 Å². The second-order valence-corrected chi connectivity index (χ2v) is 4.20. The maximum atomic E-state index is 13.2. The molecule has 0 saturated carbocycles. The Morgan fingerprint density at radius 3 is 2.94 bits per heavy atom. The first kappa shape index (κ1) is 12.4. The van der Waals surface area contributed by atoms with Crippen LogP contribution in [0, 0.1) is 5.82 Å². The zero-order chi connectivity index (χ0) is 13.1. The molecule has 1 aromatic carbocycles. The van der Waals surface area contributed by atoms with Crippen molar-refractivity contribution in [3.8, 4) is 11.3 Å². The quantitative estimate of drug-likeness (QED) is 0.780. The monoisotopic (exact) mass is 247 g/mol. The van der Waals surface area contributed by atoms with Crippen molar-refractivity contribution in [1.82, 2.24) is 15.0 Å². The number of hydrogen-bond acceptors (Lipinski definition) is 3. The number of aldehydes is 1. The van der Waals surface area contributed by atoms with E-state index in [2.05, 4.69) is 17.2 Å². The van der Waals surface area contributed by atoms with Crippen LogP contribution in [0.25, 0.3) is 11.3 Å². The van der Waals surface area contributed by atoms with Crippen molar-refractivity contribution in [2.24, 2.45) is 0 Å². The van der Waals surface area contributed by atoms with Crippen LogP contribution in [0.15, 0.2) is 24.4 Å². The Morgan fingerprint density at radius 1 is 1.50 bits per heavy atom. The average molecular weight is 247 g/mol. The number of rotatable bonds is 4. The van der Waals surface area contributed by atoms with E-state index in [1.165, 1.54) is 12.1 Å². The molecule has 0 aliphatic carbocycles. The summed E-state index contributed by atoms with van der Waals surface area (Å²) in [6.07, 6.45) is 3.25. The van der Waals surface area contributed by atoms with Gasteiger partial charge in [-0.15, -0.1) is 5.10 Å². The molecule has 2 aromatic rings. The number of benzene rings is 1. The number of halogens is 1. The molecule has 4 nitrogen and oxygen atoms in total. The molecule has 0 fully saturated rings. The van der Waals surface area contributed by atoms with Crippen LogP contribution >= 0.6 is 0 Å². The highest BCUT2D eigenvalue weighted by Crippen LogP contribution is 2.20. The molecular formula is C13H14FN3O. The molecule has 94 valence electrons. The largest absolute Gasteiger partial charge is 0.298 e. The number of hydrogen-bond donors (Lipinski definition) is 0. The van der Waals surface area contributed by atoms with E-state index in [1.807, 2.05) is 6.92 Å². The van der Waals surface area contributed by atoms with Gasteiger partial charge in [0.1, 0.15) is 11.5 Å². The van der Waals surface area contributed by atoms with Gasteiger partial charge in [-0.25, -0.2) is 9.07 Å². The van der Waals surface area contributed by atoms with E-state index >= 15 is 0 Å². The third-order valence-electron chi connectivity index (χ3n) is 2.97. The highest BCUT2D eigenvalue weighted by molar-refractivity contribution is 5.78. The lowest BCUT2D eigenvalue weighted by Crippen LogP contribution is -2.03. The third kappa shape index (κ3) is 2.30. The van der Waals surface area contributed by atoms with Crippen molar-refractivity contribution in [1.29, 1.82) is 0 Å². The van der Waals surface area contributed by atoms with Crippen LogP contribution in [0.1, 0.15) is 36.7 Å². The van der Waals surface area contributed by atoms with Crippen molar-refractivity contribution in [3.05, 3.63) is 35.8 Å². The minimum absolute atomic E-state index is 0.0330. The summed E-state index contributed by atoms with van der Waals surface area (Å²) in [5.41, 5.74) is 1.36. The normalized spacial score (nSPS) is 12.4. The molecule has 1 atom stereocenters. The first-order chi connectivity index (χ1) is 8.65. The molecule has 2 rings (SSSR count). The molecule has 1 aromatic heterocycles. The van der Waals surface area contributed by atoms with E-state index in [9.17, 15) is 9.18 Å². The summed E-state index contributed by atoms with van der Waals surface area (Å²) in [4.78, 5) is 10.7. The fourth-order valence-electron chi connectivity index (χ4n) is 1.60. The number of aromatic nitrogens is 3. The molecule has 0 radical (unpaired) electrons. The molecule has 0 amide bonds. The van der Waals surface area contributed by atoms with Gasteiger partial charge in [0.15, 0.2) is 6.29 Å². The second kappa shape index (κ2) is 5.08. The van der Waals surface area contributed by atoms with Gasteiger partial charge in [-0.05, 0) is 31.5 Å². The van der Waals surface area contributed by atoms with E-state index in [0.29, 0.717) is 17.5 Å². The van der Waals surface area contributed by atoms with Crippen LogP contribution in [-0.4, -0.2) is 21.3 Å². The highest BCUT2D eigenvalue weighted by atomic mass is 19.1. The van der Waals surface area contributed by atoms with Gasteiger partial charge in [0.05, 0.1) is 17.8 Å². The molecule has 0 saturated heterocycles. The Morgan fingerprint density at radius 2 is 2.28 bits per heavy atom. The predicted octanol–water partition coefficient (Wildman–Crippen LogP) is 2.87. The smallest absolute Gasteiger partial charge is 0.153 e. The number of carbonyl (C=O) groups is 1. The van der Waals surface area contributed by atoms with E-state index in [-0.39, 0.29) is 11.6 Å². The van der Waals surface area contributed by atoms with E-state index in [0.717, 1.165) is 6.42 Å². The molecule has 0 bridgehead atoms. The van der Waals surface area contributed by atoms with Crippen LogP contribution in [0.5, 0.6) is 0 Å². The topological polar surface area (TPSA) is 47.8 Å².